The molecule has 0 radical (unpaired) electrons. The summed E-state index contributed by atoms with van der Waals surface area (Å²) in [6, 6.07) is 0. The van der Waals surface area contributed by atoms with Crippen LogP contribution in [0, 0.1) is 5.41 Å². The third-order valence-corrected chi connectivity index (χ3v) is 5.74. The van der Waals surface area contributed by atoms with E-state index >= 15 is 0 Å². The lowest BCUT2D eigenvalue weighted by molar-refractivity contribution is -0.115. The zero-order valence-electron chi connectivity index (χ0n) is 16.9. The van der Waals surface area contributed by atoms with E-state index < -0.39 is 0 Å². The molecule has 0 spiro atoms. The highest BCUT2D eigenvalue weighted by Gasteiger charge is 2.26. The standard InChI is InChI=1S/C23H29NO2S/c1-16(11-13-19-18(3)10-7-15-23(19,4)5)8-6-9-17(2)12-14-20-21(25)24-22(26)27-20/h6,8-9,11-14H,7,10,15H2,1-5H3,(H,24,25,26)/b9-6+,13-11+,16-8-,17-12+,20-14-. The van der Waals surface area contributed by atoms with Crippen molar-refractivity contribution < 1.29 is 9.59 Å². The first-order chi connectivity index (χ1) is 12.7. The van der Waals surface area contributed by atoms with Crippen molar-refractivity contribution >= 4 is 22.9 Å². The molecule has 1 saturated heterocycles. The average Bonchev–Trinajstić information content (AvgIpc) is 2.89. The molecule has 0 aromatic rings. The lowest BCUT2D eigenvalue weighted by Crippen LogP contribution is -2.19. The van der Waals surface area contributed by atoms with Gasteiger partial charge in [-0.2, -0.15) is 0 Å². The minimum absolute atomic E-state index is 0.258. The topological polar surface area (TPSA) is 46.2 Å². The van der Waals surface area contributed by atoms with Crippen LogP contribution in [0.1, 0.15) is 53.9 Å². The fraction of sp³-hybridized carbons (Fsp3) is 0.391. The normalized spacial score (nSPS) is 23.2. The Balaban J connectivity index is 2.00. The predicted molar refractivity (Wildman–Crippen MR) is 115 cm³/mol. The van der Waals surface area contributed by atoms with E-state index in [2.05, 4.69) is 51.2 Å². The van der Waals surface area contributed by atoms with Crippen LogP contribution >= 0.6 is 11.8 Å². The lowest BCUT2D eigenvalue weighted by atomic mass is 9.72. The molecule has 0 aromatic carbocycles. The SMILES string of the molecule is CC1=C(/C=C/C(C)=C\C=C\C(C)=C\C=C2/SC(=O)NC2=O)C(C)(C)CCC1. The number of thioether (sulfide) groups is 1. The van der Waals surface area contributed by atoms with E-state index in [1.54, 1.807) is 6.08 Å². The quantitative estimate of drug-likeness (QED) is 0.442. The maximum Gasteiger partial charge on any atom is 0.290 e. The van der Waals surface area contributed by atoms with E-state index in [4.69, 9.17) is 0 Å². The van der Waals surface area contributed by atoms with Gasteiger partial charge in [0.15, 0.2) is 0 Å². The molecule has 2 amide bonds. The summed E-state index contributed by atoms with van der Waals surface area (Å²) in [7, 11) is 0. The van der Waals surface area contributed by atoms with Crippen LogP contribution in [0.25, 0.3) is 0 Å². The molecule has 1 N–H and O–H groups in total. The third kappa shape index (κ3) is 6.24. The fourth-order valence-corrected chi connectivity index (χ4v) is 3.95. The summed E-state index contributed by atoms with van der Waals surface area (Å²) >= 11 is 0.932. The van der Waals surface area contributed by atoms with Gasteiger partial charge >= 0.3 is 0 Å². The highest BCUT2D eigenvalue weighted by Crippen LogP contribution is 2.40. The maximum absolute atomic E-state index is 11.5. The Labute approximate surface area is 167 Å². The van der Waals surface area contributed by atoms with Crippen molar-refractivity contribution in [2.24, 2.45) is 5.41 Å². The summed E-state index contributed by atoms with van der Waals surface area (Å²) in [5, 5.41) is 1.93. The van der Waals surface area contributed by atoms with Gasteiger partial charge in [0.2, 0.25) is 0 Å². The van der Waals surface area contributed by atoms with Gasteiger partial charge in [-0.25, -0.2) is 0 Å². The monoisotopic (exact) mass is 383 g/mol. The zero-order valence-corrected chi connectivity index (χ0v) is 17.7. The van der Waals surface area contributed by atoms with Crippen LogP contribution in [-0.2, 0) is 4.79 Å². The number of amides is 2. The van der Waals surface area contributed by atoms with Crippen molar-refractivity contribution in [2.75, 3.05) is 0 Å². The molecule has 0 unspecified atom stereocenters. The van der Waals surface area contributed by atoms with E-state index in [9.17, 15) is 9.59 Å². The first kappa shape index (κ1) is 21.2. The van der Waals surface area contributed by atoms with Crippen molar-refractivity contribution in [1.29, 1.82) is 0 Å². The Morgan fingerprint density at radius 1 is 1.11 bits per heavy atom. The smallest absolute Gasteiger partial charge is 0.282 e. The molecule has 1 fully saturated rings. The summed E-state index contributed by atoms with van der Waals surface area (Å²) in [6.45, 7) is 11.0. The van der Waals surface area contributed by atoms with Gasteiger partial charge in [0.05, 0.1) is 4.91 Å². The highest BCUT2D eigenvalue weighted by atomic mass is 32.2. The summed E-state index contributed by atoms with van der Waals surface area (Å²) in [6.07, 6.45) is 17.8. The van der Waals surface area contributed by atoms with Crippen LogP contribution in [0.4, 0.5) is 4.79 Å². The molecule has 27 heavy (non-hydrogen) atoms. The van der Waals surface area contributed by atoms with Crippen LogP contribution in [0.5, 0.6) is 0 Å². The van der Waals surface area contributed by atoms with Gasteiger partial charge in [-0.3, -0.25) is 14.9 Å². The van der Waals surface area contributed by atoms with E-state index in [1.165, 1.54) is 36.0 Å². The van der Waals surface area contributed by atoms with E-state index in [1.807, 2.05) is 25.2 Å². The van der Waals surface area contributed by atoms with Gasteiger partial charge < -0.3 is 0 Å². The second-order valence-electron chi connectivity index (χ2n) is 7.82. The summed E-state index contributed by atoms with van der Waals surface area (Å²) in [5.41, 5.74) is 5.43. The number of carbonyl (C=O) groups is 2. The van der Waals surface area contributed by atoms with Crippen molar-refractivity contribution in [3.8, 4) is 0 Å². The Hall–Kier alpha value is -2.07. The molecule has 1 heterocycles. The van der Waals surface area contributed by atoms with Crippen molar-refractivity contribution in [1.82, 2.24) is 5.32 Å². The molecular weight excluding hydrogens is 354 g/mol. The van der Waals surface area contributed by atoms with E-state index in [0.717, 1.165) is 17.3 Å². The van der Waals surface area contributed by atoms with Crippen LogP contribution < -0.4 is 5.32 Å². The van der Waals surface area contributed by atoms with Crippen LogP contribution in [-0.4, -0.2) is 11.1 Å². The van der Waals surface area contributed by atoms with Crippen molar-refractivity contribution in [3.05, 3.63) is 69.7 Å². The third-order valence-electron chi connectivity index (χ3n) is 4.91. The molecule has 144 valence electrons. The highest BCUT2D eigenvalue weighted by molar-refractivity contribution is 8.18. The molecule has 4 heteroatoms. The number of hydrogen-bond acceptors (Lipinski definition) is 3. The second kappa shape index (κ2) is 9.23. The lowest BCUT2D eigenvalue weighted by Gasteiger charge is -2.32. The fourth-order valence-electron chi connectivity index (χ4n) is 3.33. The Bertz CT molecular complexity index is 804. The van der Waals surface area contributed by atoms with E-state index in [-0.39, 0.29) is 16.6 Å². The first-order valence-electron chi connectivity index (χ1n) is 9.34. The molecule has 2 rings (SSSR count). The molecule has 0 atom stereocenters. The predicted octanol–water partition coefficient (Wildman–Crippen LogP) is 6.38. The summed E-state index contributed by atoms with van der Waals surface area (Å²) < 4.78 is 0. The molecule has 0 bridgehead atoms. The molecule has 1 aliphatic heterocycles. The van der Waals surface area contributed by atoms with Gasteiger partial charge in [-0.05, 0) is 68.9 Å². The Morgan fingerprint density at radius 2 is 1.81 bits per heavy atom. The van der Waals surface area contributed by atoms with Crippen molar-refractivity contribution in [3.63, 3.8) is 0 Å². The van der Waals surface area contributed by atoms with E-state index in [0.29, 0.717) is 4.91 Å². The molecule has 0 saturated carbocycles. The van der Waals surface area contributed by atoms with Crippen LogP contribution in [0.3, 0.4) is 0 Å². The second-order valence-corrected chi connectivity index (χ2v) is 8.83. The molecule has 1 aliphatic carbocycles. The minimum atomic E-state index is -0.325. The number of nitrogens with one attached hydrogen (secondary N) is 1. The van der Waals surface area contributed by atoms with Gasteiger partial charge in [-0.15, -0.1) is 0 Å². The maximum atomic E-state index is 11.5. The summed E-state index contributed by atoms with van der Waals surface area (Å²) in [4.78, 5) is 23.0. The molecule has 3 nitrogen and oxygen atoms in total. The first-order valence-corrected chi connectivity index (χ1v) is 10.2. The number of imide groups is 1. The zero-order chi connectivity index (χ0) is 20.0. The van der Waals surface area contributed by atoms with Crippen molar-refractivity contribution in [2.45, 2.75) is 53.9 Å². The number of rotatable bonds is 5. The Morgan fingerprint density at radius 3 is 2.44 bits per heavy atom. The van der Waals surface area contributed by atoms with Gasteiger partial charge in [0, 0.05) is 0 Å². The van der Waals surface area contributed by atoms with Gasteiger partial charge in [0.25, 0.3) is 11.1 Å². The summed E-state index contributed by atoms with van der Waals surface area (Å²) in [5.74, 6) is -0.325. The van der Waals surface area contributed by atoms with Gasteiger partial charge in [0.1, 0.15) is 0 Å². The van der Waals surface area contributed by atoms with Gasteiger partial charge in [-0.1, -0.05) is 67.0 Å². The van der Waals surface area contributed by atoms with Crippen LogP contribution in [0.15, 0.2) is 69.7 Å². The number of hydrogen-bond donors (Lipinski definition) is 1. The largest absolute Gasteiger partial charge is 0.290 e. The number of allylic oxidation sites excluding steroid dienone is 11. The molecular formula is C23H29NO2S. The molecule has 0 aromatic heterocycles. The number of carbonyl (C=O) groups excluding carboxylic acids is 2. The molecule has 2 aliphatic rings. The minimum Gasteiger partial charge on any atom is -0.282 e. The van der Waals surface area contributed by atoms with Crippen LogP contribution in [0.2, 0.25) is 0 Å². The average molecular weight is 384 g/mol. The Kier molecular flexibility index (Phi) is 7.25.